The van der Waals surface area contributed by atoms with Crippen molar-refractivity contribution in [3.05, 3.63) is 0 Å². The molecule has 0 aliphatic heterocycles. The van der Waals surface area contributed by atoms with Crippen LogP contribution in [-0.4, -0.2) is 94.5 Å². The molecule has 0 atom stereocenters. The van der Waals surface area contributed by atoms with Crippen LogP contribution in [0.2, 0.25) is 0 Å². The van der Waals surface area contributed by atoms with Gasteiger partial charge in [0.15, 0.2) is 5.96 Å². The second-order valence-electron chi connectivity index (χ2n) is 7.24. The third-order valence-electron chi connectivity index (χ3n) is 3.43. The highest BCUT2D eigenvalue weighted by Crippen LogP contribution is 2.08. The number of nitrogens with zero attached hydrogens (tertiary/aromatic N) is 3. The summed E-state index contributed by atoms with van der Waals surface area (Å²) in [6, 6.07) is 0. The Kier molecular flexibility index (Phi) is 17.0. The summed E-state index contributed by atoms with van der Waals surface area (Å²) in [5.41, 5.74) is -0.482. The van der Waals surface area contributed by atoms with Gasteiger partial charge in [0.25, 0.3) is 0 Å². The SMILES string of the molecule is CCNC(=NCCN(C)CCCOC)NCCN(C)C(=O)OC(C)(C)C.I. The van der Waals surface area contributed by atoms with E-state index in [-0.39, 0.29) is 30.1 Å². The van der Waals surface area contributed by atoms with E-state index in [1.807, 2.05) is 27.7 Å². The predicted octanol–water partition coefficient (Wildman–Crippen LogP) is 1.99. The molecule has 8 nitrogen and oxygen atoms in total. The lowest BCUT2D eigenvalue weighted by Crippen LogP contribution is -2.43. The molecule has 0 saturated carbocycles. The van der Waals surface area contributed by atoms with E-state index in [1.54, 1.807) is 19.1 Å². The third-order valence-corrected chi connectivity index (χ3v) is 3.43. The Morgan fingerprint density at radius 1 is 1.11 bits per heavy atom. The van der Waals surface area contributed by atoms with Crippen molar-refractivity contribution >= 4 is 36.0 Å². The zero-order valence-electron chi connectivity index (χ0n) is 18.1. The number of amides is 1. The van der Waals surface area contributed by atoms with Crippen LogP contribution in [0.3, 0.4) is 0 Å². The van der Waals surface area contributed by atoms with Gasteiger partial charge in [0.1, 0.15) is 5.60 Å². The van der Waals surface area contributed by atoms with Gasteiger partial charge in [0.05, 0.1) is 6.54 Å². The molecule has 0 aliphatic rings. The van der Waals surface area contributed by atoms with E-state index in [0.717, 1.165) is 38.6 Å². The van der Waals surface area contributed by atoms with Crippen LogP contribution in [0.4, 0.5) is 4.79 Å². The molecule has 2 N–H and O–H groups in total. The van der Waals surface area contributed by atoms with Crippen LogP contribution in [0.15, 0.2) is 4.99 Å². The lowest BCUT2D eigenvalue weighted by Gasteiger charge is -2.25. The second-order valence-corrected chi connectivity index (χ2v) is 7.24. The number of aliphatic imine (C=N–C) groups is 1. The van der Waals surface area contributed by atoms with Crippen molar-refractivity contribution in [2.24, 2.45) is 4.99 Å². The van der Waals surface area contributed by atoms with Crippen LogP contribution < -0.4 is 10.6 Å². The van der Waals surface area contributed by atoms with Gasteiger partial charge in [-0.05, 0) is 41.2 Å². The molecule has 162 valence electrons. The Morgan fingerprint density at radius 2 is 1.78 bits per heavy atom. The summed E-state index contributed by atoms with van der Waals surface area (Å²) in [5, 5.41) is 6.46. The molecule has 9 heteroatoms. The first-order valence-electron chi connectivity index (χ1n) is 9.33. The van der Waals surface area contributed by atoms with Gasteiger partial charge in [-0.3, -0.25) is 4.99 Å². The molecular weight excluding hydrogens is 461 g/mol. The van der Waals surface area contributed by atoms with E-state index in [9.17, 15) is 4.79 Å². The summed E-state index contributed by atoms with van der Waals surface area (Å²) >= 11 is 0. The molecular formula is C18H40IN5O3. The number of hydrogen-bond donors (Lipinski definition) is 2. The van der Waals surface area contributed by atoms with E-state index >= 15 is 0 Å². The van der Waals surface area contributed by atoms with Crippen molar-refractivity contribution in [2.75, 3.05) is 67.1 Å². The molecule has 0 aromatic carbocycles. The molecule has 0 aromatic heterocycles. The number of rotatable bonds is 11. The first-order valence-corrected chi connectivity index (χ1v) is 9.33. The number of guanidine groups is 1. The predicted molar refractivity (Wildman–Crippen MR) is 122 cm³/mol. The van der Waals surface area contributed by atoms with Gasteiger partial charge in [-0.25, -0.2) is 4.79 Å². The van der Waals surface area contributed by atoms with Crippen LogP contribution in [-0.2, 0) is 9.47 Å². The molecule has 0 saturated heterocycles. The summed E-state index contributed by atoms with van der Waals surface area (Å²) in [7, 11) is 5.54. The van der Waals surface area contributed by atoms with Crippen molar-refractivity contribution in [1.29, 1.82) is 0 Å². The van der Waals surface area contributed by atoms with Gasteiger partial charge >= 0.3 is 6.09 Å². The van der Waals surface area contributed by atoms with E-state index in [0.29, 0.717) is 19.6 Å². The van der Waals surface area contributed by atoms with Crippen molar-refractivity contribution < 1.29 is 14.3 Å². The maximum Gasteiger partial charge on any atom is 0.410 e. The Hall–Kier alpha value is -0.810. The maximum atomic E-state index is 11.9. The van der Waals surface area contributed by atoms with Crippen molar-refractivity contribution in [3.63, 3.8) is 0 Å². The molecule has 0 heterocycles. The molecule has 1 amide bonds. The van der Waals surface area contributed by atoms with E-state index < -0.39 is 5.60 Å². The topological polar surface area (TPSA) is 78.4 Å². The summed E-state index contributed by atoms with van der Waals surface area (Å²) in [6.45, 7) is 12.9. The van der Waals surface area contributed by atoms with Gasteiger partial charge in [-0.15, -0.1) is 24.0 Å². The monoisotopic (exact) mass is 501 g/mol. The highest BCUT2D eigenvalue weighted by atomic mass is 127. The third kappa shape index (κ3) is 17.0. The summed E-state index contributed by atoms with van der Waals surface area (Å²) in [4.78, 5) is 20.3. The first-order chi connectivity index (χ1) is 12.2. The lowest BCUT2D eigenvalue weighted by molar-refractivity contribution is 0.0302. The Balaban J connectivity index is 0. The Bertz CT molecular complexity index is 416. The number of ether oxygens (including phenoxy) is 2. The highest BCUT2D eigenvalue weighted by molar-refractivity contribution is 14.0. The molecule has 0 aliphatic carbocycles. The Morgan fingerprint density at radius 3 is 2.33 bits per heavy atom. The zero-order chi connectivity index (χ0) is 20.0. The molecule has 0 rings (SSSR count). The molecule has 0 bridgehead atoms. The molecule has 0 fully saturated rings. The number of carbonyl (C=O) groups excluding carboxylic acids is 1. The largest absolute Gasteiger partial charge is 0.444 e. The van der Waals surface area contributed by atoms with Gasteiger partial charge in [-0.2, -0.15) is 0 Å². The number of halogens is 1. The van der Waals surface area contributed by atoms with Crippen molar-refractivity contribution in [3.8, 4) is 0 Å². The first kappa shape index (κ1) is 28.4. The number of methoxy groups -OCH3 is 1. The maximum absolute atomic E-state index is 11.9. The second kappa shape index (κ2) is 16.2. The van der Waals surface area contributed by atoms with Gasteiger partial charge < -0.3 is 29.9 Å². The van der Waals surface area contributed by atoms with Crippen molar-refractivity contribution in [2.45, 2.75) is 39.7 Å². The van der Waals surface area contributed by atoms with Gasteiger partial charge in [-0.1, -0.05) is 0 Å². The fraction of sp³-hybridized carbons (Fsp3) is 0.889. The fourth-order valence-electron chi connectivity index (χ4n) is 2.04. The van der Waals surface area contributed by atoms with Crippen LogP contribution in [0.5, 0.6) is 0 Å². The van der Waals surface area contributed by atoms with Crippen LogP contribution in [0.1, 0.15) is 34.1 Å². The standard InChI is InChI=1S/C18H39N5O3.HI/c1-8-19-16(20-10-13-22(5)12-9-15-25-7)21-11-14-23(6)17(24)26-18(2,3)4;/h8-15H2,1-7H3,(H2,19,20,21);1H. The highest BCUT2D eigenvalue weighted by Gasteiger charge is 2.19. The minimum Gasteiger partial charge on any atom is -0.444 e. The molecule has 0 spiro atoms. The summed E-state index contributed by atoms with van der Waals surface area (Å²) in [6.07, 6.45) is 0.699. The average Bonchev–Trinajstić information content (AvgIpc) is 2.53. The zero-order valence-corrected chi connectivity index (χ0v) is 20.5. The normalized spacial score (nSPS) is 11.8. The van der Waals surface area contributed by atoms with E-state index in [2.05, 4.69) is 27.6 Å². The quantitative estimate of drug-likeness (QED) is 0.195. The number of carbonyl (C=O) groups is 1. The van der Waals surface area contributed by atoms with Crippen LogP contribution in [0, 0.1) is 0 Å². The number of hydrogen-bond acceptors (Lipinski definition) is 5. The number of nitrogens with one attached hydrogen (secondary N) is 2. The minimum absolute atomic E-state index is 0. The minimum atomic E-state index is -0.482. The summed E-state index contributed by atoms with van der Waals surface area (Å²) in [5.74, 6) is 0.760. The van der Waals surface area contributed by atoms with Gasteiger partial charge in [0, 0.05) is 53.5 Å². The number of likely N-dealkylation sites (N-methyl/N-ethyl adjacent to an activating group) is 2. The summed E-state index contributed by atoms with van der Waals surface area (Å²) < 4.78 is 10.4. The van der Waals surface area contributed by atoms with Crippen molar-refractivity contribution in [1.82, 2.24) is 20.4 Å². The molecule has 0 aromatic rings. The van der Waals surface area contributed by atoms with Crippen LogP contribution >= 0.6 is 24.0 Å². The molecule has 27 heavy (non-hydrogen) atoms. The average molecular weight is 501 g/mol. The van der Waals surface area contributed by atoms with Gasteiger partial charge in [0.2, 0.25) is 0 Å². The smallest absolute Gasteiger partial charge is 0.410 e. The fourth-order valence-corrected chi connectivity index (χ4v) is 2.04. The molecule has 0 radical (unpaired) electrons. The Labute approximate surface area is 182 Å². The molecule has 0 unspecified atom stereocenters. The van der Waals surface area contributed by atoms with E-state index in [1.165, 1.54) is 0 Å². The van der Waals surface area contributed by atoms with E-state index in [4.69, 9.17) is 9.47 Å². The van der Waals surface area contributed by atoms with Crippen LogP contribution in [0.25, 0.3) is 0 Å². The lowest BCUT2D eigenvalue weighted by atomic mass is 10.2.